The molecule has 12 heteroatoms. The van der Waals surface area contributed by atoms with Crippen LogP contribution >= 0.6 is 0 Å². The zero-order chi connectivity index (χ0) is 39.1. The molecule has 2 bridgehead atoms. The van der Waals surface area contributed by atoms with Crippen molar-refractivity contribution >= 4 is 24.1 Å². The number of ketones is 1. The Hall–Kier alpha value is -5.04. The molecule has 0 amide bonds. The topological polar surface area (TPSA) is 164 Å². The Labute approximate surface area is 319 Å². The second-order valence-electron chi connectivity index (χ2n) is 15.7. The Bertz CT molecular complexity index is 1950. The molecule has 4 aliphatic rings. The van der Waals surface area contributed by atoms with Crippen LogP contribution in [0.1, 0.15) is 62.0 Å². The van der Waals surface area contributed by atoms with Crippen LogP contribution < -0.4 is 0 Å². The van der Waals surface area contributed by atoms with E-state index in [4.69, 9.17) is 28.4 Å². The first-order valence-corrected chi connectivity index (χ1v) is 18.5. The first-order valence-electron chi connectivity index (χ1n) is 18.5. The summed E-state index contributed by atoms with van der Waals surface area (Å²) < 4.78 is 35.4. The lowest BCUT2D eigenvalue weighted by Crippen LogP contribution is -2.75. The van der Waals surface area contributed by atoms with Crippen molar-refractivity contribution in [2.75, 3.05) is 6.61 Å². The molecule has 9 atom stereocenters. The lowest BCUT2D eigenvalue weighted by Gasteiger charge is -2.64. The van der Waals surface area contributed by atoms with Crippen LogP contribution in [0, 0.1) is 22.7 Å². The summed E-state index contributed by atoms with van der Waals surface area (Å²) in [7, 11) is 0. The van der Waals surface area contributed by atoms with Gasteiger partial charge in [0.05, 0.1) is 29.8 Å². The van der Waals surface area contributed by atoms with Gasteiger partial charge in [0.25, 0.3) is 0 Å². The molecule has 0 spiro atoms. The molecule has 1 saturated heterocycles. The van der Waals surface area contributed by atoms with Crippen LogP contribution in [0.4, 0.5) is 9.59 Å². The third kappa shape index (κ3) is 6.81. The van der Waals surface area contributed by atoms with Gasteiger partial charge in [-0.3, -0.25) is 4.79 Å². The molecule has 1 heterocycles. The van der Waals surface area contributed by atoms with E-state index >= 15 is 4.79 Å². The number of fused-ring (bicyclic) bond motifs is 5. The number of carbonyl (C=O) groups is 4. The van der Waals surface area contributed by atoms with Crippen LogP contribution in [0.25, 0.3) is 0 Å². The molecule has 3 aromatic carbocycles. The van der Waals surface area contributed by atoms with Crippen molar-refractivity contribution in [1.29, 1.82) is 0 Å². The van der Waals surface area contributed by atoms with Gasteiger partial charge in [-0.2, -0.15) is 0 Å². The van der Waals surface area contributed by atoms with E-state index in [2.05, 4.69) is 0 Å². The van der Waals surface area contributed by atoms with Crippen LogP contribution in [0.5, 0.6) is 0 Å². The maximum atomic E-state index is 15.6. The largest absolute Gasteiger partial charge is 0.509 e. The van der Waals surface area contributed by atoms with Crippen molar-refractivity contribution < 1.29 is 57.8 Å². The molecule has 3 fully saturated rings. The Morgan fingerprint density at radius 2 is 1.35 bits per heavy atom. The Balaban J connectivity index is 1.34. The molecule has 1 aliphatic heterocycles. The van der Waals surface area contributed by atoms with Gasteiger partial charge in [0.15, 0.2) is 11.9 Å². The fourth-order valence-electron chi connectivity index (χ4n) is 9.15. The predicted molar refractivity (Wildman–Crippen MR) is 195 cm³/mol. The van der Waals surface area contributed by atoms with Crippen LogP contribution in [0.15, 0.2) is 102 Å². The van der Waals surface area contributed by atoms with Gasteiger partial charge < -0.3 is 38.6 Å². The fourth-order valence-corrected chi connectivity index (χ4v) is 9.15. The highest BCUT2D eigenvalue weighted by atomic mass is 16.7. The van der Waals surface area contributed by atoms with Gasteiger partial charge in [-0.25, -0.2) is 14.4 Å². The van der Waals surface area contributed by atoms with E-state index in [0.29, 0.717) is 16.7 Å². The van der Waals surface area contributed by atoms with E-state index in [-0.39, 0.29) is 43.8 Å². The minimum Gasteiger partial charge on any atom is -0.455 e. The summed E-state index contributed by atoms with van der Waals surface area (Å²) in [6.45, 7) is 6.45. The van der Waals surface area contributed by atoms with E-state index < -0.39 is 82.8 Å². The minimum atomic E-state index is -2.05. The quantitative estimate of drug-likeness (QED) is 0.154. The van der Waals surface area contributed by atoms with E-state index in [1.54, 1.807) is 107 Å². The average molecular weight is 755 g/mol. The standard InChI is InChI=1S/C43H46O12/c1-25-30(44)21-43(49)37(55-38(46)28-18-12-7-13-19-28)34-29-24-50-31(29)20-32(53-39(47)51-22-26-14-8-5-9-15-26)42(34,4)36(45)35(33(25)41(43,2)3)54-40(48)52-23-27-16-10-6-11-17-27/h5-19,29-32,34-35,37,44,49H,20-24H2,1-4H3/t29-,30+,31-,32+,34+,35-,37+,42-,43-/m1/s1. The van der Waals surface area contributed by atoms with Crippen molar-refractivity contribution in [3.8, 4) is 0 Å². The zero-order valence-corrected chi connectivity index (χ0v) is 31.2. The SMILES string of the molecule is CC1=C2[C@@H](OC(=O)OCc3ccccc3)C(=O)[C@@]3(C)[C@@H]([C@@H]4CO[C@@H]4C[C@@H]3OC(=O)OCc3ccccc3)[C@H](OC(=O)c3ccccc3)[C@](O)(C[C@@H]1O)C2(C)C. The number of esters is 1. The van der Waals surface area contributed by atoms with E-state index in [0.717, 1.165) is 0 Å². The summed E-state index contributed by atoms with van der Waals surface area (Å²) in [5, 5.41) is 24.8. The summed E-state index contributed by atoms with van der Waals surface area (Å²) >= 11 is 0. The molecule has 0 aromatic heterocycles. The number of hydrogen-bond donors (Lipinski definition) is 2. The van der Waals surface area contributed by atoms with Gasteiger partial charge in [-0.15, -0.1) is 0 Å². The molecule has 55 heavy (non-hydrogen) atoms. The Morgan fingerprint density at radius 1 is 0.800 bits per heavy atom. The van der Waals surface area contributed by atoms with Gasteiger partial charge in [0, 0.05) is 30.1 Å². The van der Waals surface area contributed by atoms with Crippen LogP contribution in [-0.2, 0) is 46.4 Å². The minimum absolute atomic E-state index is 0.0663. The van der Waals surface area contributed by atoms with E-state index in [1.807, 2.05) is 12.1 Å². The van der Waals surface area contributed by atoms with Gasteiger partial charge in [0.2, 0.25) is 0 Å². The first-order chi connectivity index (χ1) is 26.3. The Kier molecular flexibility index (Phi) is 10.4. The highest BCUT2D eigenvalue weighted by Gasteiger charge is 2.73. The number of rotatable bonds is 8. The molecule has 2 saturated carbocycles. The van der Waals surface area contributed by atoms with Crippen molar-refractivity contribution in [2.24, 2.45) is 22.7 Å². The second kappa shape index (κ2) is 14.9. The lowest BCUT2D eigenvalue weighted by molar-refractivity contribution is -0.277. The number of hydrogen-bond acceptors (Lipinski definition) is 12. The van der Waals surface area contributed by atoms with Gasteiger partial charge in [-0.05, 0) is 48.3 Å². The number of aliphatic hydroxyl groups excluding tert-OH is 1. The molecule has 290 valence electrons. The number of aliphatic hydroxyl groups is 2. The fraction of sp³-hybridized carbons (Fsp3) is 0.442. The summed E-state index contributed by atoms with van der Waals surface area (Å²) in [6.07, 6.45) is -8.70. The number of Topliss-reactive ketones (excluding diaryl/α,β-unsaturated/α-hetero) is 1. The smallest absolute Gasteiger partial charge is 0.455 e. The number of benzene rings is 3. The first kappa shape index (κ1) is 38.2. The van der Waals surface area contributed by atoms with Crippen molar-refractivity contribution in [3.63, 3.8) is 0 Å². The van der Waals surface area contributed by atoms with E-state index in [1.165, 1.54) is 0 Å². The number of carbonyl (C=O) groups excluding carboxylic acids is 4. The molecule has 12 nitrogen and oxygen atoms in total. The summed E-state index contributed by atoms with van der Waals surface area (Å²) in [5.74, 6) is -2.97. The lowest BCUT2D eigenvalue weighted by atomic mass is 9.46. The molecular formula is C43H46O12. The van der Waals surface area contributed by atoms with Gasteiger partial charge in [0.1, 0.15) is 31.0 Å². The molecule has 7 rings (SSSR count). The van der Waals surface area contributed by atoms with Crippen LogP contribution in [0.3, 0.4) is 0 Å². The monoisotopic (exact) mass is 754 g/mol. The van der Waals surface area contributed by atoms with Crippen molar-refractivity contribution in [3.05, 3.63) is 119 Å². The molecule has 2 N–H and O–H groups in total. The van der Waals surface area contributed by atoms with Gasteiger partial charge in [-0.1, -0.05) is 92.7 Å². The summed E-state index contributed by atoms with van der Waals surface area (Å²) in [5.41, 5.74) is -3.23. The molecule has 3 aliphatic carbocycles. The normalized spacial score (nSPS) is 32.0. The maximum absolute atomic E-state index is 15.6. The number of ether oxygens (including phenoxy) is 6. The Morgan fingerprint density at radius 3 is 1.89 bits per heavy atom. The van der Waals surface area contributed by atoms with Crippen molar-refractivity contribution in [1.82, 2.24) is 0 Å². The molecular weight excluding hydrogens is 708 g/mol. The van der Waals surface area contributed by atoms with Gasteiger partial charge >= 0.3 is 18.3 Å². The predicted octanol–water partition coefficient (Wildman–Crippen LogP) is 6.12. The second-order valence-corrected chi connectivity index (χ2v) is 15.7. The van der Waals surface area contributed by atoms with Crippen molar-refractivity contribution in [2.45, 2.75) is 89.9 Å². The van der Waals surface area contributed by atoms with Crippen LogP contribution in [0.2, 0.25) is 0 Å². The van der Waals surface area contributed by atoms with Crippen LogP contribution in [-0.4, -0.2) is 77.0 Å². The third-order valence-corrected chi connectivity index (χ3v) is 12.4. The average Bonchev–Trinajstić information content (AvgIpc) is 3.17. The van der Waals surface area contributed by atoms with E-state index in [9.17, 15) is 24.6 Å². The molecule has 0 radical (unpaired) electrons. The maximum Gasteiger partial charge on any atom is 0.509 e. The summed E-state index contributed by atoms with van der Waals surface area (Å²) in [4.78, 5) is 56.7. The highest BCUT2D eigenvalue weighted by molar-refractivity contribution is 5.95. The molecule has 0 unspecified atom stereocenters. The summed E-state index contributed by atoms with van der Waals surface area (Å²) in [6, 6.07) is 26.2. The third-order valence-electron chi connectivity index (χ3n) is 12.4. The molecule has 3 aromatic rings. The highest BCUT2D eigenvalue weighted by Crippen LogP contribution is 2.62. The zero-order valence-electron chi connectivity index (χ0n) is 31.2.